The highest BCUT2D eigenvalue weighted by Gasteiger charge is 2.13. The molecule has 0 saturated heterocycles. The molecule has 0 aromatic carbocycles. The first kappa shape index (κ1) is 11.4. The summed E-state index contributed by atoms with van der Waals surface area (Å²) < 4.78 is 1.78. The van der Waals surface area contributed by atoms with E-state index in [2.05, 4.69) is 33.7 Å². The summed E-state index contributed by atoms with van der Waals surface area (Å²) in [5.74, 6) is 1.44. The van der Waals surface area contributed by atoms with Crippen LogP contribution in [0.3, 0.4) is 0 Å². The van der Waals surface area contributed by atoms with E-state index >= 15 is 0 Å². The Labute approximate surface area is 100 Å². The molecule has 0 aliphatic rings. The molecule has 2 N–H and O–H groups in total. The Morgan fingerprint density at radius 3 is 2.65 bits per heavy atom. The lowest BCUT2D eigenvalue weighted by atomic mass is 10.3. The highest BCUT2D eigenvalue weighted by Crippen LogP contribution is 2.24. The van der Waals surface area contributed by atoms with Gasteiger partial charge in [-0.2, -0.15) is 0 Å². The lowest BCUT2D eigenvalue weighted by molar-refractivity contribution is 0.838. The average molecular weight is 232 g/mol. The molecule has 2 heterocycles. The van der Waals surface area contributed by atoms with Crippen molar-refractivity contribution in [1.29, 1.82) is 0 Å². The van der Waals surface area contributed by atoms with Crippen molar-refractivity contribution in [2.75, 3.05) is 23.7 Å². The molecule has 90 valence electrons. The fourth-order valence-corrected chi connectivity index (χ4v) is 1.74. The topological polar surface area (TPSA) is 72.9 Å². The summed E-state index contributed by atoms with van der Waals surface area (Å²) in [6.07, 6.45) is 6.70. The quantitative estimate of drug-likeness (QED) is 0.854. The van der Waals surface area contributed by atoms with E-state index < -0.39 is 0 Å². The molecule has 2 aromatic heterocycles. The number of nitrogens with two attached hydrogens (primary N) is 1. The first-order valence-corrected chi connectivity index (χ1v) is 5.61. The third-order valence-electron chi connectivity index (χ3n) is 2.65. The molecule has 0 amide bonds. The van der Waals surface area contributed by atoms with Crippen LogP contribution in [-0.4, -0.2) is 32.6 Å². The maximum atomic E-state index is 6.11. The smallest absolute Gasteiger partial charge is 0.166 e. The van der Waals surface area contributed by atoms with E-state index in [1.807, 2.05) is 6.20 Å². The van der Waals surface area contributed by atoms with Gasteiger partial charge in [0.2, 0.25) is 0 Å². The summed E-state index contributed by atoms with van der Waals surface area (Å²) in [4.78, 5) is 14.5. The normalized spacial score (nSPS) is 10.5. The Morgan fingerprint density at radius 1 is 1.29 bits per heavy atom. The van der Waals surface area contributed by atoms with Crippen molar-refractivity contribution in [3.05, 3.63) is 25.0 Å². The van der Waals surface area contributed by atoms with Gasteiger partial charge in [0.05, 0.1) is 0 Å². The predicted molar refractivity (Wildman–Crippen MR) is 67.1 cm³/mol. The minimum atomic E-state index is 0.578. The largest absolute Gasteiger partial charge is 0.393 e. The van der Waals surface area contributed by atoms with Crippen molar-refractivity contribution in [2.24, 2.45) is 0 Å². The van der Waals surface area contributed by atoms with Crippen LogP contribution in [-0.2, 0) is 0 Å². The van der Waals surface area contributed by atoms with Crippen LogP contribution in [0.4, 0.5) is 11.5 Å². The zero-order valence-corrected chi connectivity index (χ0v) is 10.0. The van der Waals surface area contributed by atoms with E-state index in [0.29, 0.717) is 11.5 Å². The van der Waals surface area contributed by atoms with Gasteiger partial charge in [-0.25, -0.2) is 15.0 Å². The van der Waals surface area contributed by atoms with E-state index in [4.69, 9.17) is 5.73 Å². The highest BCUT2D eigenvalue weighted by atomic mass is 15.2. The number of hydrogen-bond donors (Lipinski definition) is 1. The second-order valence-electron chi connectivity index (χ2n) is 3.58. The molecule has 6 heteroatoms. The third-order valence-corrected chi connectivity index (χ3v) is 2.65. The van der Waals surface area contributed by atoms with Crippen LogP contribution < -0.4 is 10.6 Å². The lowest BCUT2D eigenvalue weighted by Crippen LogP contribution is -2.25. The molecule has 0 unspecified atom stereocenters. The molecule has 2 aromatic rings. The third kappa shape index (κ3) is 2.06. The molecule has 0 aliphatic heterocycles. The van der Waals surface area contributed by atoms with Gasteiger partial charge >= 0.3 is 0 Å². The summed E-state index contributed by atoms with van der Waals surface area (Å²) in [6, 6.07) is 0. The van der Waals surface area contributed by atoms with Gasteiger partial charge in [-0.15, -0.1) is 0 Å². The summed E-state index contributed by atoms with van der Waals surface area (Å²) >= 11 is 0. The first-order valence-electron chi connectivity index (χ1n) is 5.61. The van der Waals surface area contributed by atoms with Crippen LogP contribution in [0.1, 0.15) is 13.8 Å². The number of rotatable bonds is 4. The molecule has 0 saturated carbocycles. The van der Waals surface area contributed by atoms with E-state index in [1.165, 1.54) is 6.33 Å². The predicted octanol–water partition coefficient (Wildman–Crippen LogP) is 1.09. The van der Waals surface area contributed by atoms with Gasteiger partial charge in [0.1, 0.15) is 18.3 Å². The maximum absolute atomic E-state index is 6.11. The summed E-state index contributed by atoms with van der Waals surface area (Å²) in [5.41, 5.74) is 6.69. The molecule has 0 atom stereocenters. The van der Waals surface area contributed by atoms with Crippen molar-refractivity contribution in [2.45, 2.75) is 13.8 Å². The Hall–Kier alpha value is -2.11. The van der Waals surface area contributed by atoms with Gasteiger partial charge in [-0.05, 0) is 13.8 Å². The standard InChI is InChI=1S/C11H16N6/c1-3-16(4-2)10-9(12)11(15-7-14-10)17-6-5-13-8-17/h5-8H,3-4,12H2,1-2H3. The Morgan fingerprint density at radius 2 is 2.06 bits per heavy atom. The fraction of sp³-hybridized carbons (Fsp3) is 0.364. The van der Waals surface area contributed by atoms with E-state index in [1.54, 1.807) is 17.1 Å². The van der Waals surface area contributed by atoms with Crippen LogP contribution in [0, 0.1) is 0 Å². The molecule has 0 spiro atoms. The molecule has 6 nitrogen and oxygen atoms in total. The highest BCUT2D eigenvalue weighted by molar-refractivity contribution is 5.70. The molecular weight excluding hydrogens is 216 g/mol. The van der Waals surface area contributed by atoms with Gasteiger partial charge in [0.25, 0.3) is 0 Å². The van der Waals surface area contributed by atoms with Gasteiger partial charge in [0, 0.05) is 25.5 Å². The summed E-state index contributed by atoms with van der Waals surface area (Å²) in [5, 5.41) is 0. The van der Waals surface area contributed by atoms with Gasteiger partial charge in [0.15, 0.2) is 11.6 Å². The number of hydrogen-bond acceptors (Lipinski definition) is 5. The van der Waals surface area contributed by atoms with Crippen molar-refractivity contribution >= 4 is 11.5 Å². The van der Waals surface area contributed by atoms with E-state index in [0.717, 1.165) is 18.9 Å². The second kappa shape index (κ2) is 4.82. The Kier molecular flexibility index (Phi) is 3.22. The molecule has 17 heavy (non-hydrogen) atoms. The molecule has 2 rings (SSSR count). The lowest BCUT2D eigenvalue weighted by Gasteiger charge is -2.21. The van der Waals surface area contributed by atoms with Crippen molar-refractivity contribution in [3.63, 3.8) is 0 Å². The molecule has 0 radical (unpaired) electrons. The Balaban J connectivity index is 2.47. The fourth-order valence-electron chi connectivity index (χ4n) is 1.74. The van der Waals surface area contributed by atoms with Gasteiger partial charge < -0.3 is 10.6 Å². The van der Waals surface area contributed by atoms with Crippen molar-refractivity contribution in [1.82, 2.24) is 19.5 Å². The zero-order valence-electron chi connectivity index (χ0n) is 10.0. The number of imidazole rings is 1. The van der Waals surface area contributed by atoms with E-state index in [-0.39, 0.29) is 0 Å². The van der Waals surface area contributed by atoms with Crippen molar-refractivity contribution < 1.29 is 0 Å². The second-order valence-corrected chi connectivity index (χ2v) is 3.58. The van der Waals surface area contributed by atoms with Crippen LogP contribution in [0.25, 0.3) is 5.82 Å². The number of anilines is 2. The maximum Gasteiger partial charge on any atom is 0.166 e. The van der Waals surface area contributed by atoms with Crippen LogP contribution in [0.5, 0.6) is 0 Å². The number of nitrogens with zero attached hydrogens (tertiary/aromatic N) is 5. The molecule has 0 bridgehead atoms. The monoisotopic (exact) mass is 232 g/mol. The van der Waals surface area contributed by atoms with Crippen LogP contribution in [0.2, 0.25) is 0 Å². The minimum absolute atomic E-state index is 0.578. The van der Waals surface area contributed by atoms with Crippen LogP contribution >= 0.6 is 0 Å². The molecular formula is C11H16N6. The number of nitrogen functional groups attached to an aromatic ring is 1. The van der Waals surface area contributed by atoms with Crippen LogP contribution in [0.15, 0.2) is 25.0 Å². The van der Waals surface area contributed by atoms with Crippen molar-refractivity contribution in [3.8, 4) is 5.82 Å². The number of aromatic nitrogens is 4. The summed E-state index contributed by atoms with van der Waals surface area (Å²) in [7, 11) is 0. The average Bonchev–Trinajstić information content (AvgIpc) is 2.86. The Bertz CT molecular complexity index is 475. The van der Waals surface area contributed by atoms with E-state index in [9.17, 15) is 0 Å². The summed E-state index contributed by atoms with van der Waals surface area (Å²) in [6.45, 7) is 5.87. The van der Waals surface area contributed by atoms with Gasteiger partial charge in [-0.1, -0.05) is 0 Å². The first-order chi connectivity index (χ1) is 8.27. The SMILES string of the molecule is CCN(CC)c1ncnc(-n2ccnc2)c1N. The molecule has 0 aliphatic carbocycles. The van der Waals surface area contributed by atoms with Gasteiger partial charge in [-0.3, -0.25) is 4.57 Å². The molecule has 0 fully saturated rings. The zero-order chi connectivity index (χ0) is 12.3. The minimum Gasteiger partial charge on any atom is -0.393 e.